The molecule has 1 atom stereocenters. The van der Waals surface area contributed by atoms with E-state index in [1.54, 1.807) is 0 Å². The molecule has 3 rings (SSSR count). The van der Waals surface area contributed by atoms with E-state index in [9.17, 15) is 4.79 Å². The van der Waals surface area contributed by atoms with E-state index in [1.165, 1.54) is 11.8 Å². The van der Waals surface area contributed by atoms with E-state index in [1.807, 2.05) is 11.1 Å². The second kappa shape index (κ2) is 8.37. The van der Waals surface area contributed by atoms with Crippen LogP contribution in [0.4, 0.5) is 5.95 Å². The zero-order valence-electron chi connectivity index (χ0n) is 14.5. The number of likely N-dealkylation sites (tertiary alicyclic amines) is 1. The molecule has 1 fully saturated rings. The van der Waals surface area contributed by atoms with Gasteiger partial charge in [-0.05, 0) is 19.3 Å². The quantitative estimate of drug-likeness (QED) is 0.728. The van der Waals surface area contributed by atoms with Crippen molar-refractivity contribution in [2.75, 3.05) is 24.6 Å². The van der Waals surface area contributed by atoms with Crippen LogP contribution >= 0.6 is 11.8 Å². The molecule has 3 heterocycles. The summed E-state index contributed by atoms with van der Waals surface area (Å²) in [5.41, 5.74) is 5.50. The predicted molar refractivity (Wildman–Crippen MR) is 97.2 cm³/mol. The van der Waals surface area contributed by atoms with Crippen molar-refractivity contribution in [3.63, 3.8) is 0 Å². The fourth-order valence-electron chi connectivity index (χ4n) is 3.15. The van der Waals surface area contributed by atoms with Gasteiger partial charge >= 0.3 is 0 Å². The number of imidazole rings is 1. The third-order valence-corrected chi connectivity index (χ3v) is 5.28. The van der Waals surface area contributed by atoms with Gasteiger partial charge in [0.25, 0.3) is 0 Å². The van der Waals surface area contributed by atoms with E-state index in [0.717, 1.165) is 51.1 Å². The number of hydrogen-bond acceptors (Lipinski definition) is 6. The standard InChI is InChI=1S/C16H25N7OS/c1-2-3-7-22-9-6-18-14(22)12-5-4-8-23(10-12)13(24)11-25-16-19-15(17)20-21-16/h6,9,12H,2-5,7-8,10-11H2,1H3,(H3,17,19,20,21). The highest BCUT2D eigenvalue weighted by molar-refractivity contribution is 7.99. The molecule has 1 aliphatic rings. The normalized spacial score (nSPS) is 17.8. The molecule has 8 nitrogen and oxygen atoms in total. The lowest BCUT2D eigenvalue weighted by Gasteiger charge is -2.32. The summed E-state index contributed by atoms with van der Waals surface area (Å²) in [6.45, 7) is 4.73. The molecule has 136 valence electrons. The number of carbonyl (C=O) groups is 1. The molecule has 0 saturated carbocycles. The molecule has 2 aromatic rings. The van der Waals surface area contributed by atoms with Crippen LogP contribution in [0.2, 0.25) is 0 Å². The van der Waals surface area contributed by atoms with E-state index in [2.05, 4.69) is 37.9 Å². The van der Waals surface area contributed by atoms with Gasteiger partial charge in [-0.25, -0.2) is 10.1 Å². The number of unbranched alkanes of at least 4 members (excludes halogenated alkanes) is 1. The van der Waals surface area contributed by atoms with Crippen LogP contribution in [0.15, 0.2) is 17.6 Å². The highest BCUT2D eigenvalue weighted by Gasteiger charge is 2.27. The molecular formula is C16H25N7OS. The molecule has 25 heavy (non-hydrogen) atoms. The first-order valence-electron chi connectivity index (χ1n) is 8.77. The van der Waals surface area contributed by atoms with Gasteiger partial charge in [0.15, 0.2) is 0 Å². The smallest absolute Gasteiger partial charge is 0.233 e. The summed E-state index contributed by atoms with van der Waals surface area (Å²) < 4.78 is 2.24. The maximum absolute atomic E-state index is 12.5. The number of nitrogens with one attached hydrogen (secondary N) is 1. The Kier molecular flexibility index (Phi) is 5.95. The number of nitrogens with zero attached hydrogens (tertiary/aromatic N) is 5. The van der Waals surface area contributed by atoms with Crippen molar-refractivity contribution in [1.29, 1.82) is 0 Å². The predicted octanol–water partition coefficient (Wildman–Crippen LogP) is 1.88. The molecule has 1 unspecified atom stereocenters. The first kappa shape index (κ1) is 17.8. The maximum atomic E-state index is 12.5. The van der Waals surface area contributed by atoms with Crippen molar-refractivity contribution in [1.82, 2.24) is 29.6 Å². The molecule has 9 heteroatoms. The molecule has 1 saturated heterocycles. The van der Waals surface area contributed by atoms with Crippen molar-refractivity contribution in [2.45, 2.75) is 50.2 Å². The van der Waals surface area contributed by atoms with E-state index in [-0.39, 0.29) is 11.9 Å². The first-order valence-corrected chi connectivity index (χ1v) is 9.75. The number of aryl methyl sites for hydroxylation is 1. The molecule has 0 aromatic carbocycles. The Hall–Kier alpha value is -2.03. The van der Waals surface area contributed by atoms with Crippen molar-refractivity contribution >= 4 is 23.6 Å². The first-order chi connectivity index (χ1) is 12.2. The number of hydrogen-bond donors (Lipinski definition) is 2. The fraction of sp³-hybridized carbons (Fsp3) is 0.625. The van der Waals surface area contributed by atoms with E-state index in [0.29, 0.717) is 16.8 Å². The molecule has 0 bridgehead atoms. The SMILES string of the molecule is CCCCn1ccnc1C1CCCN(C(=O)CSc2n[nH]c(N)n2)C1. The van der Waals surface area contributed by atoms with Crippen LogP contribution in [0.5, 0.6) is 0 Å². The minimum atomic E-state index is 0.115. The number of rotatable bonds is 7. The van der Waals surface area contributed by atoms with E-state index >= 15 is 0 Å². The van der Waals surface area contributed by atoms with Gasteiger partial charge in [0, 0.05) is 37.9 Å². The Morgan fingerprint density at radius 3 is 3.16 bits per heavy atom. The zero-order valence-corrected chi connectivity index (χ0v) is 15.3. The largest absolute Gasteiger partial charge is 0.368 e. The summed E-state index contributed by atoms with van der Waals surface area (Å²) in [6, 6.07) is 0. The van der Waals surface area contributed by atoms with Crippen LogP contribution in [-0.2, 0) is 11.3 Å². The van der Waals surface area contributed by atoms with E-state index in [4.69, 9.17) is 5.73 Å². The minimum Gasteiger partial charge on any atom is -0.368 e. The number of aromatic nitrogens is 5. The molecule has 2 aromatic heterocycles. The van der Waals surface area contributed by atoms with Crippen LogP contribution in [0.1, 0.15) is 44.3 Å². The summed E-state index contributed by atoms with van der Waals surface area (Å²) in [5.74, 6) is 2.14. The summed E-state index contributed by atoms with van der Waals surface area (Å²) in [4.78, 5) is 23.0. The summed E-state index contributed by atoms with van der Waals surface area (Å²) in [7, 11) is 0. The van der Waals surface area contributed by atoms with Crippen LogP contribution < -0.4 is 5.73 Å². The Balaban J connectivity index is 1.57. The number of nitrogen functional groups attached to an aromatic ring is 1. The van der Waals surface area contributed by atoms with Gasteiger partial charge < -0.3 is 15.2 Å². The lowest BCUT2D eigenvalue weighted by atomic mass is 9.97. The van der Waals surface area contributed by atoms with Gasteiger partial charge in [-0.3, -0.25) is 4.79 Å². The third-order valence-electron chi connectivity index (χ3n) is 4.45. The second-order valence-electron chi connectivity index (χ2n) is 6.30. The number of nitrogens with two attached hydrogens (primary N) is 1. The van der Waals surface area contributed by atoms with Crippen molar-refractivity contribution in [3.8, 4) is 0 Å². The molecule has 1 aliphatic heterocycles. The number of anilines is 1. The van der Waals surface area contributed by atoms with Crippen LogP contribution in [0.3, 0.4) is 0 Å². The topological polar surface area (TPSA) is 106 Å². The highest BCUT2D eigenvalue weighted by Crippen LogP contribution is 2.27. The summed E-state index contributed by atoms with van der Waals surface area (Å²) >= 11 is 1.31. The van der Waals surface area contributed by atoms with Crippen LogP contribution in [-0.4, -0.2) is 54.4 Å². The number of aromatic amines is 1. The van der Waals surface area contributed by atoms with Gasteiger partial charge in [-0.1, -0.05) is 25.1 Å². The Morgan fingerprint density at radius 2 is 2.40 bits per heavy atom. The minimum absolute atomic E-state index is 0.115. The number of amides is 1. The van der Waals surface area contributed by atoms with Crippen molar-refractivity contribution in [2.24, 2.45) is 0 Å². The lowest BCUT2D eigenvalue weighted by molar-refractivity contribution is -0.129. The number of H-pyrrole nitrogens is 1. The Morgan fingerprint density at radius 1 is 1.52 bits per heavy atom. The van der Waals surface area contributed by atoms with Gasteiger partial charge in [0.2, 0.25) is 17.0 Å². The average Bonchev–Trinajstić information content (AvgIpc) is 3.26. The second-order valence-corrected chi connectivity index (χ2v) is 7.25. The average molecular weight is 363 g/mol. The lowest BCUT2D eigenvalue weighted by Crippen LogP contribution is -2.40. The van der Waals surface area contributed by atoms with Crippen molar-refractivity contribution in [3.05, 3.63) is 18.2 Å². The van der Waals surface area contributed by atoms with E-state index < -0.39 is 0 Å². The van der Waals surface area contributed by atoms with Crippen molar-refractivity contribution < 1.29 is 4.79 Å². The highest BCUT2D eigenvalue weighted by atomic mass is 32.2. The zero-order chi connectivity index (χ0) is 17.6. The number of carbonyl (C=O) groups excluding carboxylic acids is 1. The van der Waals surface area contributed by atoms with Gasteiger partial charge in [0.1, 0.15) is 5.82 Å². The van der Waals surface area contributed by atoms with Crippen LogP contribution in [0, 0.1) is 0 Å². The molecule has 0 spiro atoms. The van der Waals surface area contributed by atoms with Crippen LogP contribution in [0.25, 0.3) is 0 Å². The van der Waals surface area contributed by atoms with Gasteiger partial charge in [-0.15, -0.1) is 5.10 Å². The Labute approximate surface area is 151 Å². The number of piperidine rings is 1. The summed E-state index contributed by atoms with van der Waals surface area (Å²) in [6.07, 6.45) is 8.32. The number of thioether (sulfide) groups is 1. The molecule has 1 amide bonds. The maximum Gasteiger partial charge on any atom is 0.233 e. The molecule has 0 radical (unpaired) electrons. The van der Waals surface area contributed by atoms with Gasteiger partial charge in [-0.2, -0.15) is 4.98 Å². The molecule has 0 aliphatic carbocycles. The third kappa shape index (κ3) is 4.53. The Bertz CT molecular complexity index is 698. The molecular weight excluding hydrogens is 338 g/mol. The molecule has 3 N–H and O–H groups in total. The fourth-order valence-corrected chi connectivity index (χ4v) is 3.86. The monoisotopic (exact) mass is 363 g/mol. The summed E-state index contributed by atoms with van der Waals surface area (Å²) in [5, 5.41) is 7.04. The van der Waals surface area contributed by atoms with Gasteiger partial charge in [0.05, 0.1) is 5.75 Å².